The maximum Gasteiger partial charge on any atom is 0.127 e. The molecule has 0 aliphatic heterocycles. The molecule has 3 nitrogen and oxygen atoms in total. The summed E-state index contributed by atoms with van der Waals surface area (Å²) < 4.78 is 17.8. The highest BCUT2D eigenvalue weighted by Gasteiger charge is 2.43. The van der Waals surface area contributed by atoms with Crippen LogP contribution in [-0.4, -0.2) is 12.0 Å². The first kappa shape index (κ1) is 19.8. The lowest BCUT2D eigenvalue weighted by Crippen LogP contribution is -2.08. The number of alkyl halides is 1. The van der Waals surface area contributed by atoms with E-state index in [2.05, 4.69) is 18.2 Å². The van der Waals surface area contributed by atoms with Crippen molar-refractivity contribution in [2.24, 2.45) is 5.92 Å². The van der Waals surface area contributed by atoms with Gasteiger partial charge in [-0.2, -0.15) is 0 Å². The Hall–Kier alpha value is -2.49. The van der Waals surface area contributed by atoms with Gasteiger partial charge in [0.1, 0.15) is 17.2 Å². The number of halogens is 1. The molecular weight excluding hydrogens is 384 g/mol. The van der Waals surface area contributed by atoms with Gasteiger partial charge in [-0.1, -0.05) is 42.5 Å². The van der Waals surface area contributed by atoms with Gasteiger partial charge in [0, 0.05) is 11.3 Å². The Bertz CT molecular complexity index is 911. The molecule has 0 saturated heterocycles. The van der Waals surface area contributed by atoms with Crippen LogP contribution in [0.1, 0.15) is 30.6 Å². The number of para-hydroxylation sites is 1. The molecule has 1 fully saturated rings. The average Bonchev–Trinajstić information content (AvgIpc) is 3.47. The molecule has 1 saturated carbocycles. The average molecular weight is 409 g/mol. The Kier molecular flexibility index (Phi) is 6.38. The van der Waals surface area contributed by atoms with Crippen molar-refractivity contribution in [1.82, 2.24) is 0 Å². The summed E-state index contributed by atoms with van der Waals surface area (Å²) in [5.41, 5.74) is 2.21. The number of benzene rings is 3. The summed E-state index contributed by atoms with van der Waals surface area (Å²) in [6.45, 7) is 3.15. The van der Waals surface area contributed by atoms with Gasteiger partial charge in [0.25, 0.3) is 0 Å². The summed E-state index contributed by atoms with van der Waals surface area (Å²) in [6, 6.07) is 25.9. The molecule has 3 aromatic carbocycles. The van der Waals surface area contributed by atoms with Gasteiger partial charge in [-0.05, 0) is 60.9 Å². The van der Waals surface area contributed by atoms with Crippen LogP contribution in [0, 0.1) is 5.92 Å². The van der Waals surface area contributed by atoms with Crippen molar-refractivity contribution in [3.8, 4) is 17.2 Å². The van der Waals surface area contributed by atoms with Crippen LogP contribution in [-0.2, 0) is 11.3 Å². The zero-order valence-electron chi connectivity index (χ0n) is 16.5. The lowest BCUT2D eigenvalue weighted by molar-refractivity contribution is 0.0248. The van der Waals surface area contributed by atoms with E-state index < -0.39 is 0 Å². The Balaban J connectivity index is 1.43. The highest BCUT2D eigenvalue weighted by atomic mass is 35.5. The quantitative estimate of drug-likeness (QED) is 0.366. The van der Waals surface area contributed by atoms with E-state index in [-0.39, 0.29) is 11.5 Å². The van der Waals surface area contributed by atoms with Crippen LogP contribution in [0.15, 0.2) is 78.9 Å². The molecule has 0 radical (unpaired) electrons. The monoisotopic (exact) mass is 408 g/mol. The van der Waals surface area contributed by atoms with Crippen LogP contribution in [0.25, 0.3) is 0 Å². The maximum atomic E-state index is 6.35. The molecule has 4 heteroatoms. The fourth-order valence-electron chi connectivity index (χ4n) is 3.39. The lowest BCUT2D eigenvalue weighted by Gasteiger charge is -2.19. The van der Waals surface area contributed by atoms with E-state index in [1.807, 2.05) is 67.6 Å². The summed E-state index contributed by atoms with van der Waals surface area (Å²) in [7, 11) is 0. The predicted octanol–water partition coefficient (Wildman–Crippen LogP) is 6.76. The third-order valence-electron chi connectivity index (χ3n) is 4.97. The summed E-state index contributed by atoms with van der Waals surface area (Å²) >= 11 is 6.35. The van der Waals surface area contributed by atoms with E-state index in [0.29, 0.717) is 19.1 Å². The first-order chi connectivity index (χ1) is 14.2. The Morgan fingerprint density at radius 1 is 0.897 bits per heavy atom. The second kappa shape index (κ2) is 9.34. The third-order valence-corrected chi connectivity index (χ3v) is 5.48. The fraction of sp³-hybridized carbons (Fsp3) is 0.280. The molecule has 3 atom stereocenters. The molecular formula is C25H25ClO3. The molecule has 1 aliphatic carbocycles. The predicted molar refractivity (Wildman–Crippen MR) is 116 cm³/mol. The van der Waals surface area contributed by atoms with Crippen molar-refractivity contribution in [2.75, 3.05) is 6.61 Å². The minimum Gasteiger partial charge on any atom is -0.494 e. The van der Waals surface area contributed by atoms with E-state index in [9.17, 15) is 0 Å². The summed E-state index contributed by atoms with van der Waals surface area (Å²) in [4.78, 5) is 0. The van der Waals surface area contributed by atoms with E-state index in [1.54, 1.807) is 0 Å². The van der Waals surface area contributed by atoms with E-state index >= 15 is 0 Å². The second-order valence-electron chi connectivity index (χ2n) is 7.21. The molecule has 0 amide bonds. The number of ether oxygens (including phenoxy) is 3. The van der Waals surface area contributed by atoms with Gasteiger partial charge in [-0.15, -0.1) is 11.6 Å². The second-order valence-corrected chi connectivity index (χ2v) is 7.77. The molecule has 0 spiro atoms. The molecule has 0 N–H and O–H groups in total. The molecule has 0 bridgehead atoms. The Morgan fingerprint density at radius 2 is 1.62 bits per heavy atom. The normalized spacial score (nSPS) is 18.8. The summed E-state index contributed by atoms with van der Waals surface area (Å²) in [6.07, 6.45) is 0.961. The topological polar surface area (TPSA) is 27.7 Å². The SMILES string of the molecule is CCOc1ccc(C(OCc2cccc(Oc3ccccc3)c2)C2CC2Cl)cc1. The molecule has 4 rings (SSSR count). The van der Waals surface area contributed by atoms with Crippen molar-refractivity contribution in [2.45, 2.75) is 31.4 Å². The molecule has 0 heterocycles. The first-order valence-electron chi connectivity index (χ1n) is 10.0. The summed E-state index contributed by atoms with van der Waals surface area (Å²) in [5.74, 6) is 2.84. The number of hydrogen-bond acceptors (Lipinski definition) is 3. The molecule has 150 valence electrons. The van der Waals surface area contributed by atoms with Crippen molar-refractivity contribution >= 4 is 11.6 Å². The summed E-state index contributed by atoms with van der Waals surface area (Å²) in [5, 5.41) is 0.180. The van der Waals surface area contributed by atoms with Crippen LogP contribution >= 0.6 is 11.6 Å². The fourth-order valence-corrected chi connectivity index (χ4v) is 3.73. The van der Waals surface area contributed by atoms with Crippen molar-refractivity contribution < 1.29 is 14.2 Å². The Morgan fingerprint density at radius 3 is 2.31 bits per heavy atom. The molecule has 1 aliphatic rings. The van der Waals surface area contributed by atoms with Gasteiger partial charge in [0.2, 0.25) is 0 Å². The minimum absolute atomic E-state index is 0.0214. The van der Waals surface area contributed by atoms with Gasteiger partial charge >= 0.3 is 0 Å². The first-order valence-corrected chi connectivity index (χ1v) is 10.5. The highest BCUT2D eigenvalue weighted by Crippen LogP contribution is 2.47. The van der Waals surface area contributed by atoms with E-state index in [0.717, 1.165) is 34.8 Å². The molecule has 0 aromatic heterocycles. The zero-order chi connectivity index (χ0) is 20.1. The largest absolute Gasteiger partial charge is 0.494 e. The van der Waals surface area contributed by atoms with Crippen LogP contribution < -0.4 is 9.47 Å². The van der Waals surface area contributed by atoms with E-state index in [4.69, 9.17) is 25.8 Å². The maximum absolute atomic E-state index is 6.35. The van der Waals surface area contributed by atoms with Crippen LogP contribution in [0.5, 0.6) is 17.2 Å². The number of rotatable bonds is 9. The van der Waals surface area contributed by atoms with Crippen molar-refractivity contribution in [3.05, 3.63) is 90.0 Å². The minimum atomic E-state index is -0.0214. The van der Waals surface area contributed by atoms with Gasteiger partial charge in [0.15, 0.2) is 0 Å². The molecule has 3 aromatic rings. The zero-order valence-corrected chi connectivity index (χ0v) is 17.2. The highest BCUT2D eigenvalue weighted by molar-refractivity contribution is 6.22. The van der Waals surface area contributed by atoms with Gasteiger partial charge in [-0.3, -0.25) is 0 Å². The van der Waals surface area contributed by atoms with Crippen LogP contribution in [0.2, 0.25) is 0 Å². The standard InChI is InChI=1S/C25H25ClO3/c1-2-27-20-13-11-19(12-14-20)25(23-16-24(23)26)28-17-18-7-6-10-22(15-18)29-21-8-4-3-5-9-21/h3-15,23-25H,2,16-17H2,1H3. The van der Waals surface area contributed by atoms with Crippen LogP contribution in [0.3, 0.4) is 0 Å². The lowest BCUT2D eigenvalue weighted by atomic mass is 10.0. The van der Waals surface area contributed by atoms with Gasteiger partial charge in [-0.25, -0.2) is 0 Å². The van der Waals surface area contributed by atoms with Gasteiger partial charge < -0.3 is 14.2 Å². The third kappa shape index (κ3) is 5.31. The Labute approximate surface area is 177 Å². The van der Waals surface area contributed by atoms with Crippen molar-refractivity contribution in [1.29, 1.82) is 0 Å². The van der Waals surface area contributed by atoms with Crippen LogP contribution in [0.4, 0.5) is 0 Å². The van der Waals surface area contributed by atoms with Crippen molar-refractivity contribution in [3.63, 3.8) is 0 Å². The number of hydrogen-bond donors (Lipinski definition) is 0. The molecule has 29 heavy (non-hydrogen) atoms. The van der Waals surface area contributed by atoms with Gasteiger partial charge in [0.05, 0.1) is 19.3 Å². The van der Waals surface area contributed by atoms with E-state index in [1.165, 1.54) is 0 Å². The smallest absolute Gasteiger partial charge is 0.127 e. The molecule has 3 unspecified atom stereocenters.